The predicted molar refractivity (Wildman–Crippen MR) is 112 cm³/mol. The van der Waals surface area contributed by atoms with Crippen LogP contribution in [0, 0.1) is 25.7 Å². The Morgan fingerprint density at radius 2 is 1.54 bits per heavy atom. The van der Waals surface area contributed by atoms with Crippen molar-refractivity contribution in [3.63, 3.8) is 0 Å². The molecule has 5 heteroatoms. The summed E-state index contributed by atoms with van der Waals surface area (Å²) in [6, 6.07) is 13.4. The zero-order chi connectivity index (χ0) is 20.1. The lowest BCUT2D eigenvalue weighted by Gasteiger charge is -2.27. The number of rotatable bonds is 5. The zero-order valence-electron chi connectivity index (χ0n) is 16.7. The summed E-state index contributed by atoms with van der Waals surface area (Å²) in [4.78, 5) is 25.2. The molecule has 2 aromatic carbocycles. The molecule has 1 aliphatic rings. The molecular formula is C23H28N2O3. The summed E-state index contributed by atoms with van der Waals surface area (Å²) >= 11 is 0. The van der Waals surface area contributed by atoms with E-state index in [1.165, 1.54) is 0 Å². The number of anilines is 2. The molecule has 2 amide bonds. The molecule has 0 aliphatic heterocycles. The van der Waals surface area contributed by atoms with E-state index in [9.17, 15) is 9.59 Å². The van der Waals surface area contributed by atoms with Crippen molar-refractivity contribution in [3.05, 3.63) is 53.6 Å². The molecule has 1 fully saturated rings. The topological polar surface area (TPSA) is 67.4 Å². The third-order valence-corrected chi connectivity index (χ3v) is 5.46. The minimum absolute atomic E-state index is 0.0154. The van der Waals surface area contributed by atoms with Crippen LogP contribution in [0.4, 0.5) is 11.4 Å². The zero-order valence-corrected chi connectivity index (χ0v) is 16.7. The van der Waals surface area contributed by atoms with Gasteiger partial charge in [-0.05, 0) is 68.9 Å². The lowest BCUT2D eigenvalue weighted by Crippen LogP contribution is -2.32. The molecule has 28 heavy (non-hydrogen) atoms. The van der Waals surface area contributed by atoms with E-state index in [-0.39, 0.29) is 23.7 Å². The fourth-order valence-electron chi connectivity index (χ4n) is 3.67. The highest BCUT2D eigenvalue weighted by Gasteiger charge is 2.30. The number of nitrogens with one attached hydrogen (secondary N) is 2. The molecule has 0 heterocycles. The highest BCUT2D eigenvalue weighted by molar-refractivity contribution is 5.95. The van der Waals surface area contributed by atoms with Crippen molar-refractivity contribution in [3.8, 4) is 5.75 Å². The number of carbonyl (C=O) groups excluding carboxylic acids is 2. The van der Waals surface area contributed by atoms with E-state index < -0.39 is 0 Å². The molecular weight excluding hydrogens is 352 g/mol. The van der Waals surface area contributed by atoms with Crippen LogP contribution in [0.5, 0.6) is 5.75 Å². The van der Waals surface area contributed by atoms with Gasteiger partial charge in [-0.2, -0.15) is 0 Å². The molecule has 3 rings (SSSR count). The highest BCUT2D eigenvalue weighted by Crippen LogP contribution is 2.31. The van der Waals surface area contributed by atoms with Gasteiger partial charge in [0.1, 0.15) is 5.75 Å². The second kappa shape index (κ2) is 8.91. The number of amides is 2. The smallest absolute Gasteiger partial charge is 0.227 e. The number of ether oxygens (including phenoxy) is 1. The van der Waals surface area contributed by atoms with Gasteiger partial charge in [0.15, 0.2) is 0 Å². The van der Waals surface area contributed by atoms with Crippen molar-refractivity contribution < 1.29 is 14.3 Å². The normalized spacial score (nSPS) is 19.0. The van der Waals surface area contributed by atoms with Crippen LogP contribution in [0.3, 0.4) is 0 Å². The van der Waals surface area contributed by atoms with Gasteiger partial charge in [0.2, 0.25) is 11.8 Å². The SMILES string of the molecule is COc1cccc(NC(=O)C2CCC(C(=O)Nc3cc(C)ccc3C)CC2)c1. The third kappa shape index (κ3) is 4.91. The first-order chi connectivity index (χ1) is 13.5. The quantitative estimate of drug-likeness (QED) is 0.790. The van der Waals surface area contributed by atoms with Crippen LogP contribution in [0.15, 0.2) is 42.5 Å². The van der Waals surface area contributed by atoms with Gasteiger partial charge in [-0.25, -0.2) is 0 Å². The Kier molecular flexibility index (Phi) is 6.34. The summed E-state index contributed by atoms with van der Waals surface area (Å²) in [5, 5.41) is 6.03. The van der Waals surface area contributed by atoms with Crippen molar-refractivity contribution in [2.45, 2.75) is 39.5 Å². The highest BCUT2D eigenvalue weighted by atomic mass is 16.5. The fourth-order valence-corrected chi connectivity index (χ4v) is 3.67. The van der Waals surface area contributed by atoms with Gasteiger partial charge < -0.3 is 15.4 Å². The predicted octanol–water partition coefficient (Wildman–Crippen LogP) is 4.70. The Morgan fingerprint density at radius 1 is 0.893 bits per heavy atom. The molecule has 148 valence electrons. The van der Waals surface area contributed by atoms with Gasteiger partial charge >= 0.3 is 0 Å². The van der Waals surface area contributed by atoms with Crippen LogP contribution in [0.25, 0.3) is 0 Å². The molecule has 5 nitrogen and oxygen atoms in total. The Bertz CT molecular complexity index is 855. The summed E-state index contributed by atoms with van der Waals surface area (Å²) in [6.45, 7) is 4.01. The van der Waals surface area contributed by atoms with Crippen LogP contribution in [-0.2, 0) is 9.59 Å². The second-order valence-electron chi connectivity index (χ2n) is 7.58. The van der Waals surface area contributed by atoms with Gasteiger partial charge in [0, 0.05) is 29.3 Å². The maximum atomic E-state index is 12.6. The molecule has 1 aliphatic carbocycles. The molecule has 0 spiro atoms. The minimum Gasteiger partial charge on any atom is -0.497 e. The molecule has 0 aromatic heterocycles. The third-order valence-electron chi connectivity index (χ3n) is 5.46. The monoisotopic (exact) mass is 380 g/mol. The Balaban J connectivity index is 1.52. The lowest BCUT2D eigenvalue weighted by atomic mass is 9.81. The largest absolute Gasteiger partial charge is 0.497 e. The van der Waals surface area contributed by atoms with Crippen LogP contribution < -0.4 is 15.4 Å². The Labute approximate surface area is 166 Å². The van der Waals surface area contributed by atoms with Gasteiger partial charge in [0.25, 0.3) is 0 Å². The van der Waals surface area contributed by atoms with Crippen molar-refractivity contribution in [1.82, 2.24) is 0 Å². The second-order valence-corrected chi connectivity index (χ2v) is 7.58. The summed E-state index contributed by atoms with van der Waals surface area (Å²) in [5.74, 6) is 0.684. The van der Waals surface area contributed by atoms with Crippen LogP contribution >= 0.6 is 0 Å². The first-order valence-corrected chi connectivity index (χ1v) is 9.79. The average molecular weight is 380 g/mol. The fraction of sp³-hybridized carbons (Fsp3) is 0.391. The standard InChI is InChI=1S/C23H28N2O3/c1-15-7-8-16(2)21(13-15)25-23(27)18-11-9-17(10-12-18)22(26)24-19-5-4-6-20(14-19)28-3/h4-8,13-14,17-18H,9-12H2,1-3H3,(H,24,26)(H,25,27). The summed E-state index contributed by atoms with van der Waals surface area (Å²) in [5.41, 5.74) is 3.80. The lowest BCUT2D eigenvalue weighted by molar-refractivity contribution is -0.125. The van der Waals surface area contributed by atoms with E-state index in [1.54, 1.807) is 13.2 Å². The molecule has 2 aromatic rings. The Hall–Kier alpha value is -2.82. The van der Waals surface area contributed by atoms with Gasteiger partial charge in [-0.1, -0.05) is 18.2 Å². The van der Waals surface area contributed by atoms with Crippen molar-refractivity contribution in [2.75, 3.05) is 17.7 Å². The van der Waals surface area contributed by atoms with Crippen molar-refractivity contribution in [2.24, 2.45) is 11.8 Å². The molecule has 1 saturated carbocycles. The summed E-state index contributed by atoms with van der Waals surface area (Å²) < 4.78 is 5.19. The summed E-state index contributed by atoms with van der Waals surface area (Å²) in [7, 11) is 1.60. The number of benzene rings is 2. The number of carbonyl (C=O) groups is 2. The van der Waals surface area contributed by atoms with Crippen LogP contribution in [0.2, 0.25) is 0 Å². The molecule has 0 radical (unpaired) electrons. The summed E-state index contributed by atoms with van der Waals surface area (Å²) in [6.07, 6.45) is 2.90. The number of hydrogen-bond acceptors (Lipinski definition) is 3. The van der Waals surface area contributed by atoms with Crippen molar-refractivity contribution >= 4 is 23.2 Å². The van der Waals surface area contributed by atoms with E-state index >= 15 is 0 Å². The molecule has 2 N–H and O–H groups in total. The molecule has 0 bridgehead atoms. The first kappa shape index (κ1) is 19.9. The van der Waals surface area contributed by atoms with E-state index in [2.05, 4.69) is 10.6 Å². The maximum Gasteiger partial charge on any atom is 0.227 e. The molecule has 0 saturated heterocycles. The number of hydrogen-bond donors (Lipinski definition) is 2. The van der Waals surface area contributed by atoms with Crippen LogP contribution in [-0.4, -0.2) is 18.9 Å². The maximum absolute atomic E-state index is 12.6. The van der Waals surface area contributed by atoms with Gasteiger partial charge in [0.05, 0.1) is 7.11 Å². The number of aryl methyl sites for hydroxylation is 2. The van der Waals surface area contributed by atoms with Gasteiger partial charge in [-0.15, -0.1) is 0 Å². The average Bonchev–Trinajstić information content (AvgIpc) is 2.71. The van der Waals surface area contributed by atoms with Crippen LogP contribution in [0.1, 0.15) is 36.8 Å². The van der Waals surface area contributed by atoms with Gasteiger partial charge in [-0.3, -0.25) is 9.59 Å². The van der Waals surface area contributed by atoms with E-state index in [4.69, 9.17) is 4.74 Å². The molecule has 0 atom stereocenters. The van der Waals surface area contributed by atoms with Crippen molar-refractivity contribution in [1.29, 1.82) is 0 Å². The minimum atomic E-state index is -0.0593. The first-order valence-electron chi connectivity index (χ1n) is 9.79. The van der Waals surface area contributed by atoms with E-state index in [0.717, 1.165) is 48.2 Å². The number of methoxy groups -OCH3 is 1. The Morgan fingerprint density at radius 3 is 2.18 bits per heavy atom. The van der Waals surface area contributed by atoms with E-state index in [1.807, 2.05) is 50.2 Å². The van der Waals surface area contributed by atoms with E-state index in [0.29, 0.717) is 5.75 Å². The molecule has 0 unspecified atom stereocenters.